The molecule has 0 unspecified atom stereocenters. The summed E-state index contributed by atoms with van der Waals surface area (Å²) in [4.78, 5) is 10.8. The number of aromatic carboxylic acids is 1. The molecule has 1 aromatic rings. The van der Waals surface area contributed by atoms with Crippen LogP contribution < -0.4 is 0 Å². The van der Waals surface area contributed by atoms with Crippen LogP contribution in [0.25, 0.3) is 0 Å². The van der Waals surface area contributed by atoms with Crippen LogP contribution in [0, 0.1) is 5.92 Å². The number of carboxylic acids is 1. The van der Waals surface area contributed by atoms with E-state index in [4.69, 9.17) is 9.84 Å². The molecule has 0 aliphatic heterocycles. The molecule has 0 radical (unpaired) electrons. The standard InChI is InChI=1S/C14H20O3/c1-11(2)5-4-8-17-10-12-6-3-7-13(9-12)14(15)16/h3,6-7,9,11H,4-5,8,10H2,1-2H3,(H,15,16). The fraction of sp³-hybridized carbons (Fsp3) is 0.500. The van der Waals surface area contributed by atoms with E-state index in [-0.39, 0.29) is 0 Å². The molecule has 0 heterocycles. The lowest BCUT2D eigenvalue weighted by molar-refractivity contribution is 0.0696. The molecular formula is C14H20O3. The predicted octanol–water partition coefficient (Wildman–Crippen LogP) is 3.34. The molecule has 0 aliphatic rings. The zero-order valence-corrected chi connectivity index (χ0v) is 10.5. The molecule has 94 valence electrons. The SMILES string of the molecule is CC(C)CCCOCc1cccc(C(=O)O)c1. The maximum absolute atomic E-state index is 10.8. The van der Waals surface area contributed by atoms with E-state index in [1.54, 1.807) is 18.2 Å². The van der Waals surface area contributed by atoms with Crippen LogP contribution in [0.2, 0.25) is 0 Å². The van der Waals surface area contributed by atoms with Crippen molar-refractivity contribution in [2.45, 2.75) is 33.3 Å². The molecule has 0 amide bonds. The molecule has 0 fully saturated rings. The van der Waals surface area contributed by atoms with Gasteiger partial charge in [0, 0.05) is 6.61 Å². The van der Waals surface area contributed by atoms with Crippen molar-refractivity contribution in [3.63, 3.8) is 0 Å². The van der Waals surface area contributed by atoms with Gasteiger partial charge in [-0.3, -0.25) is 0 Å². The lowest BCUT2D eigenvalue weighted by atomic mass is 10.1. The molecule has 0 aromatic heterocycles. The molecule has 1 N–H and O–H groups in total. The van der Waals surface area contributed by atoms with E-state index in [0.717, 1.165) is 25.0 Å². The van der Waals surface area contributed by atoms with E-state index >= 15 is 0 Å². The number of hydrogen-bond donors (Lipinski definition) is 1. The normalized spacial score (nSPS) is 10.8. The van der Waals surface area contributed by atoms with E-state index in [9.17, 15) is 4.79 Å². The number of hydrogen-bond acceptors (Lipinski definition) is 2. The first-order valence-electron chi connectivity index (χ1n) is 5.99. The fourth-order valence-corrected chi connectivity index (χ4v) is 1.58. The van der Waals surface area contributed by atoms with Gasteiger partial charge in [-0.25, -0.2) is 4.79 Å². The minimum absolute atomic E-state index is 0.313. The third kappa shape index (κ3) is 5.50. The Hall–Kier alpha value is -1.35. The Morgan fingerprint density at radius 2 is 2.18 bits per heavy atom. The second-order valence-corrected chi connectivity index (χ2v) is 4.59. The average molecular weight is 236 g/mol. The number of carbonyl (C=O) groups is 1. The Balaban J connectivity index is 2.31. The monoisotopic (exact) mass is 236 g/mol. The van der Waals surface area contributed by atoms with Crippen LogP contribution in [0.1, 0.15) is 42.6 Å². The summed E-state index contributed by atoms with van der Waals surface area (Å²) in [7, 11) is 0. The summed E-state index contributed by atoms with van der Waals surface area (Å²) in [6.45, 7) is 5.60. The summed E-state index contributed by atoms with van der Waals surface area (Å²) in [6, 6.07) is 6.88. The highest BCUT2D eigenvalue weighted by atomic mass is 16.5. The van der Waals surface area contributed by atoms with Crippen LogP contribution in [-0.4, -0.2) is 17.7 Å². The third-order valence-electron chi connectivity index (χ3n) is 2.51. The van der Waals surface area contributed by atoms with E-state index in [1.165, 1.54) is 0 Å². The van der Waals surface area contributed by atoms with Gasteiger partial charge in [0.25, 0.3) is 0 Å². The molecule has 0 saturated heterocycles. The number of ether oxygens (including phenoxy) is 1. The molecule has 3 nitrogen and oxygen atoms in total. The van der Waals surface area contributed by atoms with Crippen LogP contribution in [-0.2, 0) is 11.3 Å². The van der Waals surface area contributed by atoms with E-state index in [2.05, 4.69) is 13.8 Å². The highest BCUT2D eigenvalue weighted by molar-refractivity contribution is 5.87. The minimum Gasteiger partial charge on any atom is -0.478 e. The first-order chi connectivity index (χ1) is 8.09. The summed E-state index contributed by atoms with van der Waals surface area (Å²) < 4.78 is 5.51. The zero-order chi connectivity index (χ0) is 12.7. The van der Waals surface area contributed by atoms with Gasteiger partial charge in [0.15, 0.2) is 0 Å². The second kappa shape index (κ2) is 7.07. The fourth-order valence-electron chi connectivity index (χ4n) is 1.58. The van der Waals surface area contributed by atoms with E-state index < -0.39 is 5.97 Å². The van der Waals surface area contributed by atoms with Crippen molar-refractivity contribution < 1.29 is 14.6 Å². The van der Waals surface area contributed by atoms with E-state index in [0.29, 0.717) is 18.1 Å². The smallest absolute Gasteiger partial charge is 0.335 e. The highest BCUT2D eigenvalue weighted by Gasteiger charge is 2.03. The molecule has 0 aliphatic carbocycles. The Morgan fingerprint density at radius 3 is 2.82 bits per heavy atom. The Labute approximate surface area is 102 Å². The predicted molar refractivity (Wildman–Crippen MR) is 67.1 cm³/mol. The van der Waals surface area contributed by atoms with Crippen LogP contribution in [0.15, 0.2) is 24.3 Å². The van der Waals surface area contributed by atoms with Crippen LogP contribution in [0.3, 0.4) is 0 Å². The van der Waals surface area contributed by atoms with Crippen molar-refractivity contribution in [2.24, 2.45) is 5.92 Å². The van der Waals surface area contributed by atoms with Gasteiger partial charge in [-0.2, -0.15) is 0 Å². The van der Waals surface area contributed by atoms with Gasteiger partial charge in [-0.15, -0.1) is 0 Å². The van der Waals surface area contributed by atoms with Gasteiger partial charge in [0.1, 0.15) is 0 Å². The number of carboxylic acid groups (broad SMARTS) is 1. The first-order valence-corrected chi connectivity index (χ1v) is 5.99. The molecule has 1 aromatic carbocycles. The average Bonchev–Trinajstić information content (AvgIpc) is 2.28. The highest BCUT2D eigenvalue weighted by Crippen LogP contribution is 2.08. The maximum atomic E-state index is 10.8. The van der Waals surface area contributed by atoms with Crippen molar-refractivity contribution in [3.8, 4) is 0 Å². The number of benzene rings is 1. The molecule has 17 heavy (non-hydrogen) atoms. The Bertz CT molecular complexity index is 358. The van der Waals surface area contributed by atoms with Gasteiger partial charge < -0.3 is 9.84 Å². The number of rotatable bonds is 7. The summed E-state index contributed by atoms with van der Waals surface area (Å²) in [6.07, 6.45) is 2.21. The summed E-state index contributed by atoms with van der Waals surface area (Å²) >= 11 is 0. The van der Waals surface area contributed by atoms with Gasteiger partial charge in [-0.1, -0.05) is 26.0 Å². The largest absolute Gasteiger partial charge is 0.478 e. The van der Waals surface area contributed by atoms with Crippen LogP contribution in [0.4, 0.5) is 0 Å². The Morgan fingerprint density at radius 1 is 1.41 bits per heavy atom. The second-order valence-electron chi connectivity index (χ2n) is 4.59. The molecular weight excluding hydrogens is 216 g/mol. The lowest BCUT2D eigenvalue weighted by Crippen LogP contribution is -2.00. The van der Waals surface area contributed by atoms with Crippen molar-refractivity contribution in [3.05, 3.63) is 35.4 Å². The first kappa shape index (κ1) is 13.7. The minimum atomic E-state index is -0.897. The zero-order valence-electron chi connectivity index (χ0n) is 10.5. The van der Waals surface area contributed by atoms with Crippen molar-refractivity contribution in [1.82, 2.24) is 0 Å². The Kier molecular flexibility index (Phi) is 5.70. The van der Waals surface area contributed by atoms with Crippen molar-refractivity contribution in [2.75, 3.05) is 6.61 Å². The molecule has 0 spiro atoms. The quantitative estimate of drug-likeness (QED) is 0.738. The van der Waals surface area contributed by atoms with Gasteiger partial charge in [-0.05, 0) is 36.5 Å². The molecule has 0 atom stereocenters. The van der Waals surface area contributed by atoms with Crippen LogP contribution >= 0.6 is 0 Å². The van der Waals surface area contributed by atoms with Crippen molar-refractivity contribution in [1.29, 1.82) is 0 Å². The third-order valence-corrected chi connectivity index (χ3v) is 2.51. The van der Waals surface area contributed by atoms with Crippen LogP contribution in [0.5, 0.6) is 0 Å². The summed E-state index contributed by atoms with van der Waals surface area (Å²) in [5.74, 6) is -0.194. The molecule has 3 heteroatoms. The summed E-state index contributed by atoms with van der Waals surface area (Å²) in [5, 5.41) is 8.84. The van der Waals surface area contributed by atoms with Gasteiger partial charge in [0.2, 0.25) is 0 Å². The lowest BCUT2D eigenvalue weighted by Gasteiger charge is -2.06. The van der Waals surface area contributed by atoms with Crippen molar-refractivity contribution >= 4 is 5.97 Å². The molecule has 0 saturated carbocycles. The van der Waals surface area contributed by atoms with Gasteiger partial charge in [0.05, 0.1) is 12.2 Å². The topological polar surface area (TPSA) is 46.5 Å². The summed E-state index contributed by atoms with van der Waals surface area (Å²) in [5.41, 5.74) is 1.22. The van der Waals surface area contributed by atoms with E-state index in [1.807, 2.05) is 6.07 Å². The molecule has 1 rings (SSSR count). The van der Waals surface area contributed by atoms with Gasteiger partial charge >= 0.3 is 5.97 Å². The maximum Gasteiger partial charge on any atom is 0.335 e. The molecule has 0 bridgehead atoms.